The molecule has 0 saturated heterocycles. The van der Waals surface area contributed by atoms with Gasteiger partial charge in [0.25, 0.3) is 0 Å². The average Bonchev–Trinajstić information content (AvgIpc) is 3.89. The first-order chi connectivity index (χ1) is 31.0. The monoisotopic (exact) mass is 805 g/mol. The fraction of sp³-hybridized carbons (Fsp3) is 0.0492. The summed E-state index contributed by atoms with van der Waals surface area (Å²) >= 11 is 0. The normalized spacial score (nSPS) is 15.1. The number of fused-ring (bicyclic) bond motifs is 6. The molecule has 1 aliphatic rings. The van der Waals surface area contributed by atoms with Gasteiger partial charge in [0.15, 0.2) is 0 Å². The minimum absolute atomic E-state index is 0.119. The Morgan fingerprint density at radius 1 is 0.397 bits per heavy atom. The zero-order valence-electron chi connectivity index (χ0n) is 35.0. The van der Waals surface area contributed by atoms with Gasteiger partial charge in [-0.1, -0.05) is 171 Å². The zero-order chi connectivity index (χ0) is 41.9. The number of hydrogen-bond donors (Lipinski definition) is 0. The predicted octanol–water partition coefficient (Wildman–Crippen LogP) is 16.7. The highest BCUT2D eigenvalue weighted by atomic mass is 16.3. The van der Waals surface area contributed by atoms with Crippen LogP contribution >= 0.6 is 0 Å². The third-order valence-corrected chi connectivity index (χ3v) is 13.2. The summed E-state index contributed by atoms with van der Waals surface area (Å²) in [5.74, 6) is 0. The van der Waals surface area contributed by atoms with E-state index in [1.165, 1.54) is 77.5 Å². The van der Waals surface area contributed by atoms with Crippen molar-refractivity contribution < 1.29 is 4.42 Å². The van der Waals surface area contributed by atoms with Crippen LogP contribution in [0.4, 0.5) is 0 Å². The van der Waals surface area contributed by atoms with Crippen LogP contribution in [0.2, 0.25) is 0 Å². The van der Waals surface area contributed by atoms with Crippen molar-refractivity contribution in [1.29, 1.82) is 0 Å². The van der Waals surface area contributed by atoms with E-state index in [-0.39, 0.29) is 5.41 Å². The molecule has 9 aromatic carbocycles. The fourth-order valence-electron chi connectivity index (χ4n) is 9.83. The molecular weight excluding hydrogens is 763 g/mol. The average molecular weight is 806 g/mol. The summed E-state index contributed by atoms with van der Waals surface area (Å²) in [4.78, 5) is 0. The lowest BCUT2D eigenvalue weighted by molar-refractivity contribution is 0.602. The van der Waals surface area contributed by atoms with Gasteiger partial charge in [-0.15, -0.1) is 0 Å². The molecule has 0 saturated carbocycles. The van der Waals surface area contributed by atoms with Crippen LogP contribution in [0.5, 0.6) is 0 Å². The fourth-order valence-corrected chi connectivity index (χ4v) is 9.83. The molecule has 63 heavy (non-hydrogen) atoms. The molecule has 0 N–H and O–H groups in total. The highest BCUT2D eigenvalue weighted by Gasteiger charge is 2.27. The van der Waals surface area contributed by atoms with E-state index in [1.807, 2.05) is 0 Å². The predicted molar refractivity (Wildman–Crippen MR) is 265 cm³/mol. The Balaban J connectivity index is 0.913. The van der Waals surface area contributed by atoms with Gasteiger partial charge in [0.2, 0.25) is 0 Å². The molecule has 2 heterocycles. The van der Waals surface area contributed by atoms with Crippen molar-refractivity contribution in [2.24, 2.45) is 0 Å². The lowest BCUT2D eigenvalue weighted by atomic mass is 9.74. The summed E-state index contributed by atoms with van der Waals surface area (Å²) in [5.41, 5.74) is 18.6. The Morgan fingerprint density at radius 3 is 1.46 bits per heavy atom. The number of rotatable bonds is 7. The summed E-state index contributed by atoms with van der Waals surface area (Å²) in [6.07, 6.45) is 8.04. The highest BCUT2D eigenvalue weighted by molar-refractivity contribution is 6.12. The van der Waals surface area contributed by atoms with E-state index in [0.717, 1.165) is 39.6 Å². The van der Waals surface area contributed by atoms with E-state index in [2.05, 4.69) is 242 Å². The van der Waals surface area contributed by atoms with Gasteiger partial charge in [-0.2, -0.15) is 0 Å². The van der Waals surface area contributed by atoms with Gasteiger partial charge in [0.1, 0.15) is 11.2 Å². The molecule has 1 atom stereocenters. The third kappa shape index (κ3) is 6.51. The van der Waals surface area contributed by atoms with Crippen LogP contribution in [0.15, 0.2) is 235 Å². The standard InChI is InChI=1S/C61H43NO/c1-61(51-22-12-20-45(35-51)41-14-5-2-6-15-41)33-13-21-50(40-61)44-19-11-18-43(34-44)48-27-31-59-55(38-48)56-39-49(28-32-60(56)63-59)47-26-30-58-54(37-47)53-36-46(42-16-7-3-8-17-42)25-29-57(53)62(58)52-23-9-4-10-24-52/h2-32,34-40H,33H2,1H3. The molecule has 0 spiro atoms. The van der Waals surface area contributed by atoms with Crippen LogP contribution in [0.25, 0.3) is 99.5 Å². The number of furan rings is 1. The molecule has 2 heteroatoms. The second kappa shape index (κ2) is 14.9. The van der Waals surface area contributed by atoms with Crippen molar-refractivity contribution in [2.45, 2.75) is 18.8 Å². The maximum atomic E-state index is 6.47. The molecule has 0 bridgehead atoms. The van der Waals surface area contributed by atoms with Crippen LogP contribution in [-0.2, 0) is 5.41 Å². The lowest BCUT2D eigenvalue weighted by Crippen LogP contribution is -2.20. The molecule has 0 radical (unpaired) electrons. The first kappa shape index (κ1) is 36.9. The van der Waals surface area contributed by atoms with Crippen molar-refractivity contribution in [3.05, 3.63) is 242 Å². The molecule has 11 aromatic rings. The lowest BCUT2D eigenvalue weighted by Gasteiger charge is -2.30. The Hall–Kier alpha value is -7.94. The topological polar surface area (TPSA) is 18.1 Å². The molecule has 298 valence electrons. The van der Waals surface area contributed by atoms with Crippen LogP contribution in [0.1, 0.15) is 24.5 Å². The van der Waals surface area contributed by atoms with Crippen molar-refractivity contribution in [3.63, 3.8) is 0 Å². The molecule has 0 amide bonds. The Kier molecular flexibility index (Phi) is 8.72. The Labute approximate surface area is 367 Å². The molecular formula is C61H43NO. The molecule has 1 unspecified atom stereocenters. The molecule has 0 aliphatic heterocycles. The second-order valence-corrected chi connectivity index (χ2v) is 17.2. The number of aromatic nitrogens is 1. The van der Waals surface area contributed by atoms with Gasteiger partial charge in [-0.05, 0) is 134 Å². The van der Waals surface area contributed by atoms with Gasteiger partial charge in [0.05, 0.1) is 11.0 Å². The summed E-state index contributed by atoms with van der Waals surface area (Å²) in [6.45, 7) is 2.36. The molecule has 2 nitrogen and oxygen atoms in total. The van der Waals surface area contributed by atoms with Crippen LogP contribution in [0.3, 0.4) is 0 Å². The maximum absolute atomic E-state index is 6.47. The van der Waals surface area contributed by atoms with Gasteiger partial charge >= 0.3 is 0 Å². The zero-order valence-corrected chi connectivity index (χ0v) is 35.0. The van der Waals surface area contributed by atoms with E-state index >= 15 is 0 Å². The van der Waals surface area contributed by atoms with E-state index in [4.69, 9.17) is 4.42 Å². The molecule has 1 aliphatic carbocycles. The van der Waals surface area contributed by atoms with E-state index in [0.29, 0.717) is 0 Å². The quantitative estimate of drug-likeness (QED) is 0.157. The van der Waals surface area contributed by atoms with Crippen molar-refractivity contribution in [1.82, 2.24) is 4.57 Å². The first-order valence-electron chi connectivity index (χ1n) is 21.9. The molecule has 12 rings (SSSR count). The van der Waals surface area contributed by atoms with Gasteiger partial charge in [-0.3, -0.25) is 0 Å². The number of benzene rings is 9. The number of allylic oxidation sites excluding steroid dienone is 4. The summed E-state index contributed by atoms with van der Waals surface area (Å²) in [6, 6.07) is 77.0. The van der Waals surface area contributed by atoms with Crippen LogP contribution < -0.4 is 0 Å². The second-order valence-electron chi connectivity index (χ2n) is 17.2. The third-order valence-electron chi connectivity index (χ3n) is 13.2. The number of hydrogen-bond acceptors (Lipinski definition) is 1. The minimum Gasteiger partial charge on any atom is -0.456 e. The Bertz CT molecular complexity index is 3590. The van der Waals surface area contributed by atoms with E-state index in [1.54, 1.807) is 0 Å². The van der Waals surface area contributed by atoms with Crippen molar-refractivity contribution >= 4 is 49.3 Å². The largest absolute Gasteiger partial charge is 0.456 e. The SMILES string of the molecule is CC1(c2cccc(-c3ccccc3)c2)C=C(c2cccc(-c3ccc4oc5ccc(-c6ccc7c(c6)c6cc(-c8ccccc8)ccc6n7-c6ccccc6)cc5c4c3)c2)C=CC1. The van der Waals surface area contributed by atoms with Crippen molar-refractivity contribution in [2.75, 3.05) is 0 Å². The molecule has 2 aromatic heterocycles. The smallest absolute Gasteiger partial charge is 0.135 e. The maximum Gasteiger partial charge on any atom is 0.135 e. The van der Waals surface area contributed by atoms with E-state index in [9.17, 15) is 0 Å². The highest BCUT2D eigenvalue weighted by Crippen LogP contribution is 2.42. The van der Waals surface area contributed by atoms with Gasteiger partial charge in [0, 0.05) is 32.6 Å². The summed E-state index contributed by atoms with van der Waals surface area (Å²) in [7, 11) is 0. The first-order valence-corrected chi connectivity index (χ1v) is 21.9. The van der Waals surface area contributed by atoms with Gasteiger partial charge in [-0.25, -0.2) is 0 Å². The molecule has 0 fully saturated rings. The van der Waals surface area contributed by atoms with Crippen LogP contribution in [0, 0.1) is 0 Å². The van der Waals surface area contributed by atoms with Crippen molar-refractivity contribution in [3.8, 4) is 50.2 Å². The number of nitrogens with zero attached hydrogens (tertiary/aromatic N) is 1. The Morgan fingerprint density at radius 2 is 0.857 bits per heavy atom. The van der Waals surface area contributed by atoms with Crippen LogP contribution in [-0.4, -0.2) is 4.57 Å². The number of para-hydroxylation sites is 1. The van der Waals surface area contributed by atoms with E-state index < -0.39 is 0 Å². The summed E-state index contributed by atoms with van der Waals surface area (Å²) in [5, 5.41) is 4.70. The minimum atomic E-state index is -0.119. The summed E-state index contributed by atoms with van der Waals surface area (Å²) < 4.78 is 8.85. The van der Waals surface area contributed by atoms with Gasteiger partial charge < -0.3 is 8.98 Å².